The first kappa shape index (κ1) is 13.3. The summed E-state index contributed by atoms with van der Waals surface area (Å²) in [4.78, 5) is 0. The smallest absolute Gasteiger partial charge is 0.149 e. The van der Waals surface area contributed by atoms with E-state index in [4.69, 9.17) is 9.47 Å². The van der Waals surface area contributed by atoms with Gasteiger partial charge in [0.1, 0.15) is 11.8 Å². The average Bonchev–Trinajstić information content (AvgIpc) is 2.45. The Balaban J connectivity index is 1.70. The molecule has 0 amide bonds. The molecule has 2 aromatic carbocycles. The maximum atomic E-state index is 5.54. The van der Waals surface area contributed by atoms with E-state index in [2.05, 4.69) is 15.9 Å². The van der Waals surface area contributed by atoms with E-state index < -0.39 is 0 Å². The fourth-order valence-electron chi connectivity index (χ4n) is 1.54. The standard InChI is InChI=1S/C15H15BrO2/c16-15(14-9-5-2-6-10-14)18-12-17-11-13-7-3-1-4-8-13/h1-10,15H,11-12H2. The first-order chi connectivity index (χ1) is 8.86. The third-order valence-electron chi connectivity index (χ3n) is 2.47. The monoisotopic (exact) mass is 306 g/mol. The van der Waals surface area contributed by atoms with Crippen molar-refractivity contribution in [2.45, 2.75) is 11.6 Å². The summed E-state index contributed by atoms with van der Waals surface area (Å²) in [6.45, 7) is 0.828. The molecule has 0 fully saturated rings. The number of benzene rings is 2. The third kappa shape index (κ3) is 4.26. The highest BCUT2D eigenvalue weighted by atomic mass is 79.9. The number of hydrogen-bond donors (Lipinski definition) is 0. The summed E-state index contributed by atoms with van der Waals surface area (Å²) >= 11 is 3.47. The summed E-state index contributed by atoms with van der Waals surface area (Å²) in [6.07, 6.45) is 0. The first-order valence-corrected chi connectivity index (χ1v) is 6.70. The molecule has 0 N–H and O–H groups in total. The van der Waals surface area contributed by atoms with Crippen LogP contribution in [-0.2, 0) is 16.1 Å². The van der Waals surface area contributed by atoms with Gasteiger partial charge in [-0.15, -0.1) is 0 Å². The van der Waals surface area contributed by atoms with Crippen LogP contribution in [0, 0.1) is 0 Å². The van der Waals surface area contributed by atoms with Gasteiger partial charge in [-0.25, -0.2) is 0 Å². The molecule has 0 aliphatic heterocycles. The van der Waals surface area contributed by atoms with E-state index in [9.17, 15) is 0 Å². The number of halogens is 1. The fraction of sp³-hybridized carbons (Fsp3) is 0.200. The van der Waals surface area contributed by atoms with Crippen molar-refractivity contribution < 1.29 is 9.47 Å². The predicted octanol–water partition coefficient (Wildman–Crippen LogP) is 4.27. The number of rotatable bonds is 6. The second kappa shape index (κ2) is 7.31. The molecule has 0 aliphatic rings. The zero-order valence-electron chi connectivity index (χ0n) is 9.96. The number of ether oxygens (including phenoxy) is 2. The molecular weight excluding hydrogens is 292 g/mol. The van der Waals surface area contributed by atoms with Gasteiger partial charge in [0, 0.05) is 0 Å². The molecular formula is C15H15BrO2. The Labute approximate surface area is 116 Å². The second-order valence-electron chi connectivity index (χ2n) is 3.85. The molecule has 1 atom stereocenters. The Bertz CT molecular complexity index is 445. The zero-order chi connectivity index (χ0) is 12.6. The summed E-state index contributed by atoms with van der Waals surface area (Å²) in [5, 5.41) is -0.130. The lowest BCUT2D eigenvalue weighted by atomic mass is 10.2. The molecule has 0 radical (unpaired) electrons. The van der Waals surface area contributed by atoms with Crippen molar-refractivity contribution in [3.63, 3.8) is 0 Å². The van der Waals surface area contributed by atoms with Crippen molar-refractivity contribution in [3.05, 3.63) is 71.8 Å². The normalized spacial score (nSPS) is 12.3. The minimum absolute atomic E-state index is 0.130. The Hall–Kier alpha value is -1.16. The van der Waals surface area contributed by atoms with Gasteiger partial charge in [0.05, 0.1) is 6.61 Å². The minimum Gasteiger partial charge on any atom is -0.351 e. The van der Waals surface area contributed by atoms with E-state index in [1.54, 1.807) is 0 Å². The minimum atomic E-state index is -0.130. The Morgan fingerprint density at radius 1 is 0.889 bits per heavy atom. The van der Waals surface area contributed by atoms with Gasteiger partial charge in [-0.1, -0.05) is 76.6 Å². The summed E-state index contributed by atoms with van der Waals surface area (Å²) in [5.74, 6) is 0. The summed E-state index contributed by atoms with van der Waals surface area (Å²) in [7, 11) is 0. The van der Waals surface area contributed by atoms with Crippen LogP contribution in [0.4, 0.5) is 0 Å². The molecule has 1 unspecified atom stereocenters. The molecule has 0 saturated heterocycles. The lowest BCUT2D eigenvalue weighted by Gasteiger charge is -2.12. The average molecular weight is 307 g/mol. The molecule has 94 valence electrons. The van der Waals surface area contributed by atoms with Crippen LogP contribution in [0.2, 0.25) is 0 Å². The van der Waals surface area contributed by atoms with E-state index in [1.165, 1.54) is 0 Å². The van der Waals surface area contributed by atoms with E-state index >= 15 is 0 Å². The Morgan fingerprint density at radius 2 is 1.50 bits per heavy atom. The van der Waals surface area contributed by atoms with E-state index in [-0.39, 0.29) is 11.8 Å². The Kier molecular flexibility index (Phi) is 5.39. The molecule has 0 bridgehead atoms. The molecule has 2 aromatic rings. The molecule has 2 rings (SSSR count). The van der Waals surface area contributed by atoms with Crippen LogP contribution in [0.25, 0.3) is 0 Å². The van der Waals surface area contributed by atoms with Gasteiger partial charge in [-0.2, -0.15) is 0 Å². The predicted molar refractivity (Wildman–Crippen MR) is 75.3 cm³/mol. The van der Waals surface area contributed by atoms with Crippen LogP contribution < -0.4 is 0 Å². The summed E-state index contributed by atoms with van der Waals surface area (Å²) in [6, 6.07) is 20.0. The van der Waals surface area contributed by atoms with Crippen LogP contribution >= 0.6 is 15.9 Å². The van der Waals surface area contributed by atoms with Crippen molar-refractivity contribution in [3.8, 4) is 0 Å². The van der Waals surface area contributed by atoms with Crippen LogP contribution in [0.15, 0.2) is 60.7 Å². The van der Waals surface area contributed by atoms with Crippen LogP contribution in [0.5, 0.6) is 0 Å². The highest BCUT2D eigenvalue weighted by molar-refractivity contribution is 9.09. The van der Waals surface area contributed by atoms with E-state index in [0.717, 1.165) is 11.1 Å². The lowest BCUT2D eigenvalue weighted by molar-refractivity contribution is -0.0700. The van der Waals surface area contributed by atoms with Crippen LogP contribution in [0.3, 0.4) is 0 Å². The van der Waals surface area contributed by atoms with Crippen molar-refractivity contribution in [1.82, 2.24) is 0 Å². The van der Waals surface area contributed by atoms with Crippen molar-refractivity contribution >= 4 is 15.9 Å². The first-order valence-electron chi connectivity index (χ1n) is 5.78. The quantitative estimate of drug-likeness (QED) is 0.451. The highest BCUT2D eigenvalue weighted by Crippen LogP contribution is 2.23. The second-order valence-corrected chi connectivity index (χ2v) is 4.68. The Morgan fingerprint density at radius 3 is 2.17 bits per heavy atom. The lowest BCUT2D eigenvalue weighted by Crippen LogP contribution is -2.03. The van der Waals surface area contributed by atoms with Gasteiger partial charge in [0.2, 0.25) is 0 Å². The van der Waals surface area contributed by atoms with Crippen molar-refractivity contribution in [2.24, 2.45) is 0 Å². The topological polar surface area (TPSA) is 18.5 Å². The van der Waals surface area contributed by atoms with E-state index in [1.807, 2.05) is 60.7 Å². The SMILES string of the molecule is BrC(OCOCc1ccccc1)c1ccccc1. The van der Waals surface area contributed by atoms with Gasteiger partial charge in [-0.05, 0) is 11.1 Å². The molecule has 0 spiro atoms. The van der Waals surface area contributed by atoms with E-state index in [0.29, 0.717) is 6.61 Å². The highest BCUT2D eigenvalue weighted by Gasteiger charge is 2.06. The van der Waals surface area contributed by atoms with Gasteiger partial charge in [0.15, 0.2) is 0 Å². The molecule has 0 aliphatic carbocycles. The van der Waals surface area contributed by atoms with Gasteiger partial charge in [0.25, 0.3) is 0 Å². The third-order valence-corrected chi connectivity index (χ3v) is 3.26. The van der Waals surface area contributed by atoms with Crippen molar-refractivity contribution in [2.75, 3.05) is 6.79 Å². The summed E-state index contributed by atoms with van der Waals surface area (Å²) in [5.41, 5.74) is 2.23. The number of hydrogen-bond acceptors (Lipinski definition) is 2. The van der Waals surface area contributed by atoms with Gasteiger partial charge >= 0.3 is 0 Å². The van der Waals surface area contributed by atoms with Crippen LogP contribution in [-0.4, -0.2) is 6.79 Å². The molecule has 2 nitrogen and oxygen atoms in total. The van der Waals surface area contributed by atoms with Gasteiger partial charge in [-0.3, -0.25) is 0 Å². The maximum absolute atomic E-state index is 5.54. The molecule has 0 aromatic heterocycles. The molecule has 0 saturated carbocycles. The molecule has 18 heavy (non-hydrogen) atoms. The van der Waals surface area contributed by atoms with Gasteiger partial charge < -0.3 is 9.47 Å². The van der Waals surface area contributed by atoms with Crippen LogP contribution in [0.1, 0.15) is 16.1 Å². The van der Waals surface area contributed by atoms with Crippen molar-refractivity contribution in [1.29, 1.82) is 0 Å². The number of alkyl halides is 1. The fourth-order valence-corrected chi connectivity index (χ4v) is 1.96. The molecule has 3 heteroatoms. The largest absolute Gasteiger partial charge is 0.351 e. The summed E-state index contributed by atoms with van der Waals surface area (Å²) < 4.78 is 11.0. The molecule has 0 heterocycles. The zero-order valence-corrected chi connectivity index (χ0v) is 11.5. The maximum Gasteiger partial charge on any atom is 0.149 e.